The highest BCUT2D eigenvalue weighted by Crippen LogP contribution is 2.24. The van der Waals surface area contributed by atoms with Crippen molar-refractivity contribution in [2.45, 2.75) is 52.0 Å². The fourth-order valence-corrected chi connectivity index (χ4v) is 4.16. The minimum absolute atomic E-state index is 0.0636. The second-order valence-electron chi connectivity index (χ2n) is 9.02. The van der Waals surface area contributed by atoms with Gasteiger partial charge in [-0.25, -0.2) is 0 Å². The number of hydrogen-bond acceptors (Lipinski definition) is 4. The third kappa shape index (κ3) is 8.37. The highest BCUT2D eigenvalue weighted by Gasteiger charge is 2.23. The molecule has 1 aromatic heterocycles. The van der Waals surface area contributed by atoms with Crippen LogP contribution in [0.2, 0.25) is 0 Å². The Kier molecular flexibility index (Phi) is 9.48. The molecule has 1 saturated heterocycles. The molecule has 1 aromatic carbocycles. The zero-order valence-electron chi connectivity index (χ0n) is 19.8. The van der Waals surface area contributed by atoms with Crippen LogP contribution in [-0.2, 0) is 4.79 Å². The van der Waals surface area contributed by atoms with Gasteiger partial charge in [0, 0.05) is 55.4 Å². The summed E-state index contributed by atoms with van der Waals surface area (Å²) in [6, 6.07) is 11.9. The van der Waals surface area contributed by atoms with E-state index in [2.05, 4.69) is 29.5 Å². The van der Waals surface area contributed by atoms with Gasteiger partial charge in [-0.1, -0.05) is 18.9 Å². The van der Waals surface area contributed by atoms with Crippen LogP contribution in [0.25, 0.3) is 6.08 Å². The number of nitrogens with one attached hydrogen (secondary N) is 2. The molecule has 2 amide bonds. The van der Waals surface area contributed by atoms with E-state index < -0.39 is 0 Å². The SMILES string of the molecule is CC(C)Nc1cccc(C(=O)N2CCC(CCCCNC(=O)/C=C/c3ccncc3)CC2)c1. The molecule has 0 atom stereocenters. The Bertz CT molecular complexity index is 919. The van der Waals surface area contributed by atoms with Gasteiger partial charge in [0.15, 0.2) is 0 Å². The number of carbonyl (C=O) groups excluding carboxylic acids is 2. The highest BCUT2D eigenvalue weighted by atomic mass is 16.2. The van der Waals surface area contributed by atoms with Crippen molar-refractivity contribution in [3.05, 3.63) is 66.0 Å². The van der Waals surface area contributed by atoms with Crippen LogP contribution in [0.5, 0.6) is 0 Å². The molecule has 33 heavy (non-hydrogen) atoms. The Labute approximate surface area is 197 Å². The number of carbonyl (C=O) groups is 2. The average molecular weight is 449 g/mol. The summed E-state index contributed by atoms with van der Waals surface area (Å²) in [5, 5.41) is 6.31. The van der Waals surface area contributed by atoms with Crippen molar-refractivity contribution in [1.29, 1.82) is 0 Å². The van der Waals surface area contributed by atoms with E-state index in [9.17, 15) is 9.59 Å². The first-order valence-corrected chi connectivity index (χ1v) is 12.0. The summed E-state index contributed by atoms with van der Waals surface area (Å²) >= 11 is 0. The number of rotatable bonds is 10. The van der Waals surface area contributed by atoms with Gasteiger partial charge in [0.05, 0.1) is 0 Å². The number of nitrogens with zero attached hydrogens (tertiary/aromatic N) is 2. The molecule has 0 saturated carbocycles. The number of hydrogen-bond donors (Lipinski definition) is 2. The summed E-state index contributed by atoms with van der Waals surface area (Å²) in [6.07, 6.45) is 12.1. The maximum atomic E-state index is 12.9. The quantitative estimate of drug-likeness (QED) is 0.406. The second kappa shape index (κ2) is 12.8. The van der Waals surface area contributed by atoms with Crippen molar-refractivity contribution < 1.29 is 9.59 Å². The van der Waals surface area contributed by atoms with Gasteiger partial charge in [-0.2, -0.15) is 0 Å². The Balaban J connectivity index is 1.31. The van der Waals surface area contributed by atoms with E-state index in [4.69, 9.17) is 0 Å². The molecule has 6 nitrogen and oxygen atoms in total. The maximum absolute atomic E-state index is 12.9. The lowest BCUT2D eigenvalue weighted by Crippen LogP contribution is -2.38. The standard InChI is InChI=1S/C27H36N4O2/c1-21(2)30-25-8-5-7-24(20-25)27(33)31-18-13-22(14-19-31)6-3-4-15-29-26(32)10-9-23-11-16-28-17-12-23/h5,7-12,16-17,20-22,30H,3-4,6,13-15,18-19H2,1-2H3,(H,29,32)/b10-9+. The van der Waals surface area contributed by atoms with Crippen molar-refractivity contribution in [3.63, 3.8) is 0 Å². The number of piperidine rings is 1. The van der Waals surface area contributed by atoms with Gasteiger partial charge in [-0.3, -0.25) is 14.6 Å². The molecule has 3 rings (SSSR count). The first-order valence-electron chi connectivity index (χ1n) is 12.0. The first-order chi connectivity index (χ1) is 16.0. The van der Waals surface area contributed by atoms with Crippen LogP contribution in [0.3, 0.4) is 0 Å². The smallest absolute Gasteiger partial charge is 0.253 e. The Morgan fingerprint density at radius 3 is 2.61 bits per heavy atom. The first kappa shape index (κ1) is 24.5. The molecule has 0 spiro atoms. The molecule has 176 valence electrons. The Hall–Kier alpha value is -3.15. The van der Waals surface area contributed by atoms with Crippen molar-refractivity contribution >= 4 is 23.6 Å². The average Bonchev–Trinajstić information content (AvgIpc) is 2.83. The van der Waals surface area contributed by atoms with E-state index in [1.165, 1.54) is 0 Å². The molecule has 2 heterocycles. The van der Waals surface area contributed by atoms with E-state index in [0.717, 1.165) is 62.0 Å². The van der Waals surface area contributed by atoms with Gasteiger partial charge in [0.2, 0.25) is 5.91 Å². The molecule has 1 aliphatic heterocycles. The van der Waals surface area contributed by atoms with Crippen LogP contribution in [0.15, 0.2) is 54.9 Å². The summed E-state index contributed by atoms with van der Waals surface area (Å²) in [7, 11) is 0. The fraction of sp³-hybridized carbons (Fsp3) is 0.444. The van der Waals surface area contributed by atoms with Gasteiger partial charge in [0.25, 0.3) is 5.91 Å². The number of aromatic nitrogens is 1. The lowest BCUT2D eigenvalue weighted by Gasteiger charge is -2.32. The number of pyridine rings is 1. The van der Waals surface area contributed by atoms with Gasteiger partial charge in [0.1, 0.15) is 0 Å². The Morgan fingerprint density at radius 2 is 1.88 bits per heavy atom. The number of anilines is 1. The predicted molar refractivity (Wildman–Crippen MR) is 134 cm³/mol. The third-order valence-corrected chi connectivity index (χ3v) is 5.94. The fourth-order valence-electron chi connectivity index (χ4n) is 4.16. The Morgan fingerprint density at radius 1 is 1.12 bits per heavy atom. The summed E-state index contributed by atoms with van der Waals surface area (Å²) in [6.45, 7) is 6.52. The van der Waals surface area contributed by atoms with Crippen LogP contribution >= 0.6 is 0 Å². The van der Waals surface area contributed by atoms with Crippen LogP contribution in [-0.4, -0.2) is 47.4 Å². The van der Waals surface area contributed by atoms with Crippen molar-refractivity contribution in [3.8, 4) is 0 Å². The van der Waals surface area contributed by atoms with E-state index in [0.29, 0.717) is 18.5 Å². The summed E-state index contributed by atoms with van der Waals surface area (Å²) in [4.78, 5) is 30.8. The second-order valence-corrected chi connectivity index (χ2v) is 9.02. The van der Waals surface area contributed by atoms with E-state index >= 15 is 0 Å². The molecular formula is C27H36N4O2. The van der Waals surface area contributed by atoms with Crippen molar-refractivity contribution in [2.75, 3.05) is 25.0 Å². The zero-order chi connectivity index (χ0) is 23.5. The molecule has 0 radical (unpaired) electrons. The summed E-state index contributed by atoms with van der Waals surface area (Å²) < 4.78 is 0. The molecule has 0 aliphatic carbocycles. The third-order valence-electron chi connectivity index (χ3n) is 5.94. The molecule has 2 N–H and O–H groups in total. The predicted octanol–water partition coefficient (Wildman–Crippen LogP) is 4.75. The normalized spacial score (nSPS) is 14.6. The minimum atomic E-state index is -0.0636. The van der Waals surface area contributed by atoms with Crippen LogP contribution in [0.4, 0.5) is 5.69 Å². The largest absolute Gasteiger partial charge is 0.383 e. The molecular weight excluding hydrogens is 412 g/mol. The molecule has 2 aromatic rings. The maximum Gasteiger partial charge on any atom is 0.253 e. The lowest BCUT2D eigenvalue weighted by molar-refractivity contribution is -0.116. The van der Waals surface area contributed by atoms with Gasteiger partial charge < -0.3 is 15.5 Å². The van der Waals surface area contributed by atoms with Gasteiger partial charge in [-0.05, 0) is 81.0 Å². The zero-order valence-corrected chi connectivity index (χ0v) is 19.8. The van der Waals surface area contributed by atoms with Crippen molar-refractivity contribution in [1.82, 2.24) is 15.2 Å². The molecule has 0 bridgehead atoms. The number of unbranched alkanes of at least 4 members (excludes halogenated alkanes) is 1. The minimum Gasteiger partial charge on any atom is -0.383 e. The van der Waals surface area contributed by atoms with E-state index in [1.54, 1.807) is 24.5 Å². The van der Waals surface area contributed by atoms with E-state index in [1.807, 2.05) is 41.3 Å². The summed E-state index contributed by atoms with van der Waals surface area (Å²) in [5.41, 5.74) is 2.71. The highest BCUT2D eigenvalue weighted by molar-refractivity contribution is 5.95. The number of amides is 2. The van der Waals surface area contributed by atoms with E-state index in [-0.39, 0.29) is 11.8 Å². The topological polar surface area (TPSA) is 74.3 Å². The van der Waals surface area contributed by atoms with Crippen LogP contribution < -0.4 is 10.6 Å². The van der Waals surface area contributed by atoms with Crippen molar-refractivity contribution in [2.24, 2.45) is 5.92 Å². The molecule has 6 heteroatoms. The molecule has 1 fully saturated rings. The lowest BCUT2D eigenvalue weighted by atomic mass is 9.91. The van der Waals surface area contributed by atoms with Gasteiger partial charge >= 0.3 is 0 Å². The number of likely N-dealkylation sites (tertiary alicyclic amines) is 1. The summed E-state index contributed by atoms with van der Waals surface area (Å²) in [5.74, 6) is 0.722. The molecule has 1 aliphatic rings. The van der Waals surface area contributed by atoms with Crippen LogP contribution in [0, 0.1) is 5.92 Å². The monoisotopic (exact) mass is 448 g/mol. The molecule has 0 unspecified atom stereocenters. The van der Waals surface area contributed by atoms with Gasteiger partial charge in [-0.15, -0.1) is 0 Å². The van der Waals surface area contributed by atoms with Crippen LogP contribution in [0.1, 0.15) is 61.9 Å². The number of benzene rings is 1.